The number of carbonyl (C=O) groups excluding carboxylic acids is 1. The monoisotopic (exact) mass is 255 g/mol. The largest absolute Gasteiger partial charge is 0.339 e. The van der Waals surface area contributed by atoms with Crippen molar-refractivity contribution >= 4 is 5.91 Å². The molecule has 98 valence electrons. The lowest BCUT2D eigenvalue weighted by Crippen LogP contribution is -2.35. The van der Waals surface area contributed by atoms with Crippen LogP contribution in [0.15, 0.2) is 42.7 Å². The Kier molecular flexibility index (Phi) is 3.31. The molecule has 3 rings (SSSR count). The van der Waals surface area contributed by atoms with Gasteiger partial charge in [0, 0.05) is 31.0 Å². The number of nitrogens with zero attached hydrogens (tertiary/aromatic N) is 3. The lowest BCUT2D eigenvalue weighted by molar-refractivity contribution is 0.0724. The molecule has 1 aliphatic heterocycles. The number of hydrogen-bond donors (Lipinski definition) is 0. The van der Waals surface area contributed by atoms with Crippen LogP contribution in [0.5, 0.6) is 0 Å². The number of likely N-dealkylation sites (tertiary alicyclic amines) is 1. The van der Waals surface area contributed by atoms with Crippen LogP contribution in [-0.4, -0.2) is 33.7 Å². The van der Waals surface area contributed by atoms with Crippen molar-refractivity contribution in [2.75, 3.05) is 13.1 Å². The lowest BCUT2D eigenvalue weighted by Gasteiger charge is -2.26. The van der Waals surface area contributed by atoms with Crippen LogP contribution in [0.25, 0.3) is 5.69 Å². The molecule has 1 amide bonds. The zero-order valence-electron chi connectivity index (χ0n) is 10.8. The molecule has 1 aromatic carbocycles. The van der Waals surface area contributed by atoms with Gasteiger partial charge >= 0.3 is 0 Å². The Morgan fingerprint density at radius 3 is 2.68 bits per heavy atom. The minimum Gasteiger partial charge on any atom is -0.339 e. The van der Waals surface area contributed by atoms with Crippen molar-refractivity contribution in [3.63, 3.8) is 0 Å². The molecule has 1 fully saturated rings. The minimum absolute atomic E-state index is 0.133. The predicted molar refractivity (Wildman–Crippen MR) is 73.3 cm³/mol. The molecule has 1 saturated heterocycles. The van der Waals surface area contributed by atoms with Crippen molar-refractivity contribution in [1.29, 1.82) is 0 Å². The highest BCUT2D eigenvalue weighted by atomic mass is 16.2. The number of aromatic nitrogens is 2. The summed E-state index contributed by atoms with van der Waals surface area (Å²) in [6.45, 7) is 1.76. The Bertz CT molecular complexity index is 557. The smallest absolute Gasteiger partial charge is 0.253 e. The molecule has 0 spiro atoms. The first kappa shape index (κ1) is 12.0. The van der Waals surface area contributed by atoms with Gasteiger partial charge in [-0.3, -0.25) is 4.79 Å². The third-order valence-corrected chi connectivity index (χ3v) is 3.51. The fraction of sp³-hybridized carbons (Fsp3) is 0.333. The quantitative estimate of drug-likeness (QED) is 0.827. The molecule has 4 heteroatoms. The van der Waals surface area contributed by atoms with Gasteiger partial charge in [-0.15, -0.1) is 0 Å². The SMILES string of the molecule is O=C(c1cccc(-n2cccn2)c1)N1CCCCC1. The van der Waals surface area contributed by atoms with E-state index >= 15 is 0 Å². The first-order valence-electron chi connectivity index (χ1n) is 6.74. The van der Waals surface area contributed by atoms with Gasteiger partial charge in [0.1, 0.15) is 0 Å². The van der Waals surface area contributed by atoms with Gasteiger partial charge in [-0.2, -0.15) is 5.10 Å². The Morgan fingerprint density at radius 1 is 1.11 bits per heavy atom. The van der Waals surface area contributed by atoms with Gasteiger partial charge in [-0.25, -0.2) is 4.68 Å². The molecular weight excluding hydrogens is 238 g/mol. The van der Waals surface area contributed by atoms with Gasteiger partial charge in [0.05, 0.1) is 5.69 Å². The van der Waals surface area contributed by atoms with E-state index in [1.807, 2.05) is 41.4 Å². The van der Waals surface area contributed by atoms with E-state index in [2.05, 4.69) is 5.10 Å². The second kappa shape index (κ2) is 5.26. The number of amides is 1. The van der Waals surface area contributed by atoms with Gasteiger partial charge in [0.15, 0.2) is 0 Å². The van der Waals surface area contributed by atoms with Crippen LogP contribution in [0, 0.1) is 0 Å². The summed E-state index contributed by atoms with van der Waals surface area (Å²) < 4.78 is 1.77. The summed E-state index contributed by atoms with van der Waals surface area (Å²) in [5.74, 6) is 0.133. The normalized spacial score (nSPS) is 15.5. The van der Waals surface area contributed by atoms with Crippen molar-refractivity contribution in [3.05, 3.63) is 48.3 Å². The molecule has 4 nitrogen and oxygen atoms in total. The van der Waals surface area contributed by atoms with Crippen molar-refractivity contribution in [1.82, 2.24) is 14.7 Å². The number of carbonyl (C=O) groups is 1. The van der Waals surface area contributed by atoms with E-state index in [1.165, 1.54) is 6.42 Å². The van der Waals surface area contributed by atoms with Crippen LogP contribution in [-0.2, 0) is 0 Å². The van der Waals surface area contributed by atoms with E-state index in [0.717, 1.165) is 37.2 Å². The molecule has 0 radical (unpaired) electrons. The van der Waals surface area contributed by atoms with Crippen molar-refractivity contribution in [3.8, 4) is 5.69 Å². The van der Waals surface area contributed by atoms with Gasteiger partial charge in [0.2, 0.25) is 0 Å². The first-order chi connectivity index (χ1) is 9.34. The third-order valence-electron chi connectivity index (χ3n) is 3.51. The molecule has 0 aliphatic carbocycles. The van der Waals surface area contributed by atoms with Crippen LogP contribution in [0.2, 0.25) is 0 Å². The average molecular weight is 255 g/mol. The van der Waals surface area contributed by atoms with E-state index in [4.69, 9.17) is 0 Å². The highest BCUT2D eigenvalue weighted by Gasteiger charge is 2.18. The maximum atomic E-state index is 12.4. The molecule has 2 heterocycles. The van der Waals surface area contributed by atoms with Gasteiger partial charge in [-0.1, -0.05) is 6.07 Å². The number of benzene rings is 1. The van der Waals surface area contributed by atoms with Crippen LogP contribution >= 0.6 is 0 Å². The Morgan fingerprint density at radius 2 is 1.95 bits per heavy atom. The van der Waals surface area contributed by atoms with Crippen molar-refractivity contribution in [2.24, 2.45) is 0 Å². The molecule has 1 aromatic heterocycles. The first-order valence-corrected chi connectivity index (χ1v) is 6.74. The standard InChI is InChI=1S/C15H17N3O/c19-15(17-9-2-1-3-10-17)13-6-4-7-14(12-13)18-11-5-8-16-18/h4-8,11-12H,1-3,9-10H2. The van der Waals surface area contributed by atoms with E-state index in [1.54, 1.807) is 10.9 Å². The second-order valence-electron chi connectivity index (χ2n) is 4.85. The molecule has 0 bridgehead atoms. The van der Waals surface area contributed by atoms with E-state index in [9.17, 15) is 4.79 Å². The summed E-state index contributed by atoms with van der Waals surface area (Å²) in [5.41, 5.74) is 1.67. The Labute approximate surface area is 112 Å². The number of hydrogen-bond acceptors (Lipinski definition) is 2. The molecular formula is C15H17N3O. The summed E-state index contributed by atoms with van der Waals surface area (Å²) >= 11 is 0. The maximum absolute atomic E-state index is 12.4. The summed E-state index contributed by atoms with van der Waals surface area (Å²) in [5, 5.41) is 4.19. The molecule has 0 atom stereocenters. The summed E-state index contributed by atoms with van der Waals surface area (Å²) in [4.78, 5) is 14.4. The molecule has 0 N–H and O–H groups in total. The fourth-order valence-electron chi connectivity index (χ4n) is 2.48. The van der Waals surface area contributed by atoms with E-state index in [-0.39, 0.29) is 5.91 Å². The Hall–Kier alpha value is -2.10. The Balaban J connectivity index is 1.84. The van der Waals surface area contributed by atoms with Gasteiger partial charge < -0.3 is 4.90 Å². The maximum Gasteiger partial charge on any atom is 0.253 e. The van der Waals surface area contributed by atoms with Crippen molar-refractivity contribution in [2.45, 2.75) is 19.3 Å². The summed E-state index contributed by atoms with van der Waals surface area (Å²) in [6.07, 6.45) is 7.08. The zero-order valence-corrected chi connectivity index (χ0v) is 10.8. The molecule has 1 aliphatic rings. The molecule has 0 unspecified atom stereocenters. The van der Waals surface area contributed by atoms with Crippen molar-refractivity contribution < 1.29 is 4.79 Å². The minimum atomic E-state index is 0.133. The summed E-state index contributed by atoms with van der Waals surface area (Å²) in [7, 11) is 0. The highest BCUT2D eigenvalue weighted by molar-refractivity contribution is 5.94. The molecule has 19 heavy (non-hydrogen) atoms. The molecule has 2 aromatic rings. The van der Waals surface area contributed by atoms with Crippen LogP contribution in [0.3, 0.4) is 0 Å². The highest BCUT2D eigenvalue weighted by Crippen LogP contribution is 2.15. The number of piperidine rings is 1. The van der Waals surface area contributed by atoms with Crippen LogP contribution in [0.4, 0.5) is 0 Å². The number of rotatable bonds is 2. The average Bonchev–Trinajstić information content (AvgIpc) is 3.02. The van der Waals surface area contributed by atoms with Gasteiger partial charge in [0.25, 0.3) is 5.91 Å². The lowest BCUT2D eigenvalue weighted by atomic mass is 10.1. The van der Waals surface area contributed by atoms with E-state index in [0.29, 0.717) is 0 Å². The van der Waals surface area contributed by atoms with Crippen LogP contribution in [0.1, 0.15) is 29.6 Å². The fourth-order valence-corrected chi connectivity index (χ4v) is 2.48. The van der Waals surface area contributed by atoms with E-state index < -0.39 is 0 Å². The van der Waals surface area contributed by atoms with Gasteiger partial charge in [-0.05, 0) is 43.5 Å². The van der Waals surface area contributed by atoms with Crippen LogP contribution < -0.4 is 0 Å². The molecule has 0 saturated carbocycles. The topological polar surface area (TPSA) is 38.1 Å². The second-order valence-corrected chi connectivity index (χ2v) is 4.85. The summed E-state index contributed by atoms with van der Waals surface area (Å²) in [6, 6.07) is 9.53. The predicted octanol–water partition coefficient (Wildman–Crippen LogP) is 2.50. The third kappa shape index (κ3) is 2.52. The zero-order chi connectivity index (χ0) is 13.1.